The molecule has 1 saturated heterocycles. The van der Waals surface area contributed by atoms with Crippen LogP contribution in [0, 0.1) is 0 Å². The van der Waals surface area contributed by atoms with E-state index in [0.29, 0.717) is 6.04 Å². The van der Waals surface area contributed by atoms with E-state index in [2.05, 4.69) is 30.4 Å². The van der Waals surface area contributed by atoms with Crippen LogP contribution in [-0.2, 0) is 0 Å². The maximum Gasteiger partial charge on any atom is 0.322 e. The summed E-state index contributed by atoms with van der Waals surface area (Å²) in [5, 5.41) is 5.36. The lowest BCUT2D eigenvalue weighted by Crippen LogP contribution is -2.45. The van der Waals surface area contributed by atoms with E-state index in [-0.39, 0.29) is 6.03 Å². The van der Waals surface area contributed by atoms with E-state index in [0.717, 1.165) is 42.3 Å². The predicted octanol–water partition coefficient (Wildman–Crippen LogP) is 4.64. The number of hydrogen-bond donors (Lipinski definition) is 1. The molecule has 21 heavy (non-hydrogen) atoms. The first-order valence-corrected chi connectivity index (χ1v) is 7.85. The second-order valence-electron chi connectivity index (χ2n) is 5.71. The Labute approximate surface area is 125 Å². The average molecular weight is 282 g/mol. The second-order valence-corrected chi connectivity index (χ2v) is 5.71. The third-order valence-electron chi connectivity index (χ3n) is 4.39. The molecule has 2 aromatic carbocycles. The van der Waals surface area contributed by atoms with E-state index in [9.17, 15) is 4.79 Å². The minimum atomic E-state index is 0.0397. The molecule has 0 aliphatic carbocycles. The molecule has 1 N–H and O–H groups in total. The fraction of sp³-hybridized carbons (Fsp3) is 0.389. The molecule has 2 amide bonds. The molecule has 1 aliphatic rings. The van der Waals surface area contributed by atoms with Crippen molar-refractivity contribution in [1.29, 1.82) is 0 Å². The first-order chi connectivity index (χ1) is 10.3. The molecule has 0 spiro atoms. The molecule has 0 bridgehead atoms. The minimum absolute atomic E-state index is 0.0397. The number of anilines is 1. The lowest BCUT2D eigenvalue weighted by Gasteiger charge is -2.35. The van der Waals surface area contributed by atoms with E-state index in [4.69, 9.17) is 0 Å². The number of rotatable bonds is 2. The highest BCUT2D eigenvalue weighted by Gasteiger charge is 2.25. The molecule has 0 saturated carbocycles. The van der Waals surface area contributed by atoms with Crippen LogP contribution >= 0.6 is 0 Å². The molecule has 1 heterocycles. The second kappa shape index (κ2) is 6.17. The standard InChI is InChI=1S/C18H22N2O/c1-2-15-10-5-6-13-20(15)18(21)19-17-12-7-9-14-8-3-4-11-16(14)17/h3-4,7-9,11-12,15H,2,5-6,10,13H2,1H3,(H,19,21)/t15-/m0/s1. The molecule has 0 aromatic heterocycles. The number of likely N-dealkylation sites (tertiary alicyclic amines) is 1. The smallest absolute Gasteiger partial charge is 0.322 e. The first kappa shape index (κ1) is 13.9. The van der Waals surface area contributed by atoms with Crippen molar-refractivity contribution in [3.05, 3.63) is 42.5 Å². The SMILES string of the molecule is CC[C@H]1CCCCN1C(=O)Nc1cccc2ccccc12. The number of carbonyl (C=O) groups is 1. The molecule has 110 valence electrons. The Morgan fingerprint density at radius 3 is 2.86 bits per heavy atom. The van der Waals surface area contributed by atoms with Gasteiger partial charge >= 0.3 is 6.03 Å². The van der Waals surface area contributed by atoms with Gasteiger partial charge in [0.1, 0.15) is 0 Å². The summed E-state index contributed by atoms with van der Waals surface area (Å²) in [7, 11) is 0. The topological polar surface area (TPSA) is 32.3 Å². The largest absolute Gasteiger partial charge is 0.322 e. The van der Waals surface area contributed by atoms with Gasteiger partial charge in [-0.2, -0.15) is 0 Å². The van der Waals surface area contributed by atoms with Crippen molar-refractivity contribution < 1.29 is 4.79 Å². The highest BCUT2D eigenvalue weighted by molar-refractivity contribution is 6.01. The van der Waals surface area contributed by atoms with Gasteiger partial charge in [-0.25, -0.2) is 4.79 Å². The summed E-state index contributed by atoms with van der Waals surface area (Å²) in [6.45, 7) is 3.03. The monoisotopic (exact) mass is 282 g/mol. The zero-order valence-corrected chi connectivity index (χ0v) is 12.5. The van der Waals surface area contributed by atoms with Crippen LogP contribution in [0.3, 0.4) is 0 Å². The number of amides is 2. The van der Waals surface area contributed by atoms with Crippen molar-refractivity contribution >= 4 is 22.5 Å². The van der Waals surface area contributed by atoms with Gasteiger partial charge in [-0.05, 0) is 37.1 Å². The van der Waals surface area contributed by atoms with Crippen LogP contribution in [0.4, 0.5) is 10.5 Å². The molecule has 1 aliphatic heterocycles. The molecule has 3 rings (SSSR count). The lowest BCUT2D eigenvalue weighted by atomic mass is 10.0. The van der Waals surface area contributed by atoms with Gasteiger partial charge in [0.2, 0.25) is 0 Å². The fourth-order valence-electron chi connectivity index (χ4n) is 3.21. The number of carbonyl (C=O) groups excluding carboxylic acids is 1. The molecular weight excluding hydrogens is 260 g/mol. The van der Waals surface area contributed by atoms with Crippen LogP contribution in [0.1, 0.15) is 32.6 Å². The summed E-state index contributed by atoms with van der Waals surface area (Å²) in [5.74, 6) is 0. The van der Waals surface area contributed by atoms with E-state index < -0.39 is 0 Å². The number of nitrogens with one attached hydrogen (secondary N) is 1. The summed E-state index contributed by atoms with van der Waals surface area (Å²) < 4.78 is 0. The third kappa shape index (κ3) is 2.87. The maximum absolute atomic E-state index is 12.6. The zero-order chi connectivity index (χ0) is 14.7. The Bertz CT molecular complexity index is 633. The molecule has 3 nitrogen and oxygen atoms in total. The quantitative estimate of drug-likeness (QED) is 0.855. The van der Waals surface area contributed by atoms with Crippen molar-refractivity contribution in [3.8, 4) is 0 Å². The molecule has 0 radical (unpaired) electrons. The van der Waals surface area contributed by atoms with Crippen LogP contribution < -0.4 is 5.32 Å². The Morgan fingerprint density at radius 2 is 2.00 bits per heavy atom. The number of piperidine rings is 1. The van der Waals surface area contributed by atoms with Crippen molar-refractivity contribution in [2.45, 2.75) is 38.6 Å². The van der Waals surface area contributed by atoms with Gasteiger partial charge in [-0.15, -0.1) is 0 Å². The third-order valence-corrected chi connectivity index (χ3v) is 4.39. The molecule has 1 atom stereocenters. The number of fused-ring (bicyclic) bond motifs is 1. The van der Waals surface area contributed by atoms with Crippen LogP contribution in [0.25, 0.3) is 10.8 Å². The van der Waals surface area contributed by atoms with Gasteiger partial charge in [0.05, 0.1) is 5.69 Å². The highest BCUT2D eigenvalue weighted by atomic mass is 16.2. The Balaban J connectivity index is 1.83. The average Bonchev–Trinajstić information content (AvgIpc) is 2.55. The predicted molar refractivity (Wildman–Crippen MR) is 87.6 cm³/mol. The van der Waals surface area contributed by atoms with Crippen molar-refractivity contribution in [3.63, 3.8) is 0 Å². The van der Waals surface area contributed by atoms with Gasteiger partial charge in [0, 0.05) is 18.0 Å². The van der Waals surface area contributed by atoms with Crippen molar-refractivity contribution in [2.24, 2.45) is 0 Å². The number of urea groups is 1. The number of nitrogens with zero attached hydrogens (tertiary/aromatic N) is 1. The van der Waals surface area contributed by atoms with Crippen LogP contribution in [0.2, 0.25) is 0 Å². The van der Waals surface area contributed by atoms with E-state index in [1.54, 1.807) is 0 Å². The van der Waals surface area contributed by atoms with Crippen LogP contribution in [0.15, 0.2) is 42.5 Å². The lowest BCUT2D eigenvalue weighted by molar-refractivity contribution is 0.160. The van der Waals surface area contributed by atoms with Crippen LogP contribution in [-0.4, -0.2) is 23.5 Å². The zero-order valence-electron chi connectivity index (χ0n) is 12.5. The first-order valence-electron chi connectivity index (χ1n) is 7.85. The molecule has 2 aromatic rings. The Hall–Kier alpha value is -2.03. The summed E-state index contributed by atoms with van der Waals surface area (Å²) in [6.07, 6.45) is 4.50. The van der Waals surface area contributed by atoms with Crippen molar-refractivity contribution in [2.75, 3.05) is 11.9 Å². The van der Waals surface area contributed by atoms with Gasteiger partial charge in [0.25, 0.3) is 0 Å². The van der Waals surface area contributed by atoms with Gasteiger partial charge in [-0.3, -0.25) is 0 Å². The highest BCUT2D eigenvalue weighted by Crippen LogP contribution is 2.25. The van der Waals surface area contributed by atoms with Gasteiger partial charge in [0.15, 0.2) is 0 Å². The fourth-order valence-corrected chi connectivity index (χ4v) is 3.21. The number of benzene rings is 2. The summed E-state index contributed by atoms with van der Waals surface area (Å²) in [6, 6.07) is 14.6. The number of hydrogen-bond acceptors (Lipinski definition) is 1. The minimum Gasteiger partial charge on any atom is -0.322 e. The van der Waals surface area contributed by atoms with Gasteiger partial charge in [-0.1, -0.05) is 43.3 Å². The summed E-state index contributed by atoms with van der Waals surface area (Å²) >= 11 is 0. The molecular formula is C18H22N2O. The Morgan fingerprint density at radius 1 is 1.19 bits per heavy atom. The molecule has 1 fully saturated rings. The molecule has 3 heteroatoms. The maximum atomic E-state index is 12.6. The molecule has 0 unspecified atom stereocenters. The van der Waals surface area contributed by atoms with E-state index >= 15 is 0 Å². The van der Waals surface area contributed by atoms with Crippen molar-refractivity contribution in [1.82, 2.24) is 4.90 Å². The van der Waals surface area contributed by atoms with E-state index in [1.165, 1.54) is 6.42 Å². The normalized spacial score (nSPS) is 18.7. The van der Waals surface area contributed by atoms with Gasteiger partial charge < -0.3 is 10.2 Å². The summed E-state index contributed by atoms with van der Waals surface area (Å²) in [4.78, 5) is 14.6. The van der Waals surface area contributed by atoms with Crippen LogP contribution in [0.5, 0.6) is 0 Å². The van der Waals surface area contributed by atoms with E-state index in [1.807, 2.05) is 29.2 Å². The Kier molecular flexibility index (Phi) is 4.09. The summed E-state index contributed by atoms with van der Waals surface area (Å²) in [5.41, 5.74) is 0.901.